The van der Waals surface area contributed by atoms with E-state index in [0.717, 1.165) is 5.56 Å². The van der Waals surface area contributed by atoms with Gasteiger partial charge in [0.05, 0.1) is 32.8 Å². The molecule has 1 aliphatic rings. The molecule has 0 N–H and O–H groups in total. The summed E-state index contributed by atoms with van der Waals surface area (Å²) in [6.45, 7) is 3.06. The van der Waals surface area contributed by atoms with Crippen LogP contribution < -0.4 is 4.74 Å². The maximum atomic E-state index is 11.9. The van der Waals surface area contributed by atoms with E-state index >= 15 is 0 Å². The molecule has 0 amide bonds. The Bertz CT molecular complexity index is 421. The van der Waals surface area contributed by atoms with Gasteiger partial charge < -0.3 is 14.2 Å². The molecule has 1 aromatic rings. The van der Waals surface area contributed by atoms with E-state index in [9.17, 15) is 4.79 Å². The van der Waals surface area contributed by atoms with Gasteiger partial charge in [-0.05, 0) is 13.0 Å². The van der Waals surface area contributed by atoms with Crippen LogP contribution in [0.5, 0.6) is 5.88 Å². The molecule has 2 unspecified atom stereocenters. The molecule has 2 heterocycles. The van der Waals surface area contributed by atoms with Crippen LogP contribution in [-0.2, 0) is 14.3 Å². The summed E-state index contributed by atoms with van der Waals surface area (Å²) in [6.07, 6.45) is 1.66. The predicted molar refractivity (Wildman–Crippen MR) is 64.5 cm³/mol. The molecule has 0 aliphatic carbocycles. The highest BCUT2D eigenvalue weighted by Crippen LogP contribution is 2.35. The van der Waals surface area contributed by atoms with E-state index in [4.69, 9.17) is 14.2 Å². The molecule has 1 aliphatic heterocycles. The fraction of sp³-hybridized carbons (Fsp3) is 0.538. The van der Waals surface area contributed by atoms with Crippen LogP contribution in [0.2, 0.25) is 0 Å². The number of hydrogen-bond acceptors (Lipinski definition) is 5. The van der Waals surface area contributed by atoms with Gasteiger partial charge in [-0.1, -0.05) is 6.07 Å². The second-order valence-corrected chi connectivity index (χ2v) is 4.10. The molecule has 1 fully saturated rings. The summed E-state index contributed by atoms with van der Waals surface area (Å²) in [4.78, 5) is 16.0. The Labute approximate surface area is 106 Å². The Hall–Kier alpha value is -1.62. The first kappa shape index (κ1) is 12.8. The summed E-state index contributed by atoms with van der Waals surface area (Å²) in [6, 6.07) is 3.75. The zero-order valence-electron chi connectivity index (χ0n) is 10.6. The van der Waals surface area contributed by atoms with Gasteiger partial charge >= 0.3 is 5.97 Å². The Morgan fingerprint density at radius 3 is 3.11 bits per heavy atom. The van der Waals surface area contributed by atoms with Crippen LogP contribution in [-0.4, -0.2) is 37.9 Å². The largest absolute Gasteiger partial charge is 0.481 e. The minimum Gasteiger partial charge on any atom is -0.481 e. The van der Waals surface area contributed by atoms with Gasteiger partial charge in [0.2, 0.25) is 5.88 Å². The highest BCUT2D eigenvalue weighted by molar-refractivity contribution is 5.74. The first-order chi connectivity index (χ1) is 8.77. The Balaban J connectivity index is 2.23. The molecule has 5 nitrogen and oxygen atoms in total. The standard InChI is InChI=1S/C13H17NO4/c1-3-18-13(15)11-8-17-7-10(11)9-5-4-6-14-12(9)16-2/h4-6,10-11H,3,7-8H2,1-2H3. The molecule has 0 saturated carbocycles. The van der Waals surface area contributed by atoms with Crippen molar-refractivity contribution in [3.05, 3.63) is 23.9 Å². The fourth-order valence-corrected chi connectivity index (χ4v) is 2.20. The van der Waals surface area contributed by atoms with Crippen molar-refractivity contribution in [2.45, 2.75) is 12.8 Å². The van der Waals surface area contributed by atoms with E-state index in [1.165, 1.54) is 0 Å². The van der Waals surface area contributed by atoms with Crippen LogP contribution in [0, 0.1) is 5.92 Å². The maximum Gasteiger partial charge on any atom is 0.311 e. The lowest BCUT2D eigenvalue weighted by Gasteiger charge is -2.17. The SMILES string of the molecule is CCOC(=O)C1COCC1c1cccnc1OC. The van der Waals surface area contributed by atoms with Gasteiger partial charge in [0.25, 0.3) is 0 Å². The van der Waals surface area contributed by atoms with Gasteiger partial charge in [0.15, 0.2) is 0 Å². The summed E-state index contributed by atoms with van der Waals surface area (Å²) < 4.78 is 15.7. The van der Waals surface area contributed by atoms with Crippen LogP contribution in [0.3, 0.4) is 0 Å². The second-order valence-electron chi connectivity index (χ2n) is 4.10. The van der Waals surface area contributed by atoms with Crippen molar-refractivity contribution in [2.75, 3.05) is 26.9 Å². The molecule has 0 bridgehead atoms. The Morgan fingerprint density at radius 1 is 1.56 bits per heavy atom. The number of esters is 1. The zero-order chi connectivity index (χ0) is 13.0. The average Bonchev–Trinajstić information content (AvgIpc) is 2.88. The van der Waals surface area contributed by atoms with Gasteiger partial charge in [0.1, 0.15) is 0 Å². The van der Waals surface area contributed by atoms with Crippen molar-refractivity contribution < 1.29 is 19.0 Å². The molecular formula is C13H17NO4. The molecule has 18 heavy (non-hydrogen) atoms. The molecule has 98 valence electrons. The summed E-state index contributed by atoms with van der Waals surface area (Å²) in [5.74, 6) is 0.00366. The van der Waals surface area contributed by atoms with E-state index in [2.05, 4.69) is 4.98 Å². The molecule has 0 aromatic carbocycles. The number of pyridine rings is 1. The number of methoxy groups -OCH3 is 1. The van der Waals surface area contributed by atoms with E-state index in [0.29, 0.717) is 25.7 Å². The minimum atomic E-state index is -0.275. The molecule has 2 atom stereocenters. The van der Waals surface area contributed by atoms with Gasteiger partial charge in [-0.2, -0.15) is 0 Å². The number of rotatable bonds is 4. The molecule has 0 radical (unpaired) electrons. The van der Waals surface area contributed by atoms with Crippen LogP contribution in [0.1, 0.15) is 18.4 Å². The fourth-order valence-electron chi connectivity index (χ4n) is 2.20. The number of carbonyl (C=O) groups is 1. The second kappa shape index (κ2) is 5.82. The average molecular weight is 251 g/mol. The summed E-state index contributed by atoms with van der Waals surface area (Å²) >= 11 is 0. The topological polar surface area (TPSA) is 57.7 Å². The molecule has 1 aromatic heterocycles. The summed E-state index contributed by atoms with van der Waals surface area (Å²) in [7, 11) is 1.57. The lowest BCUT2D eigenvalue weighted by molar-refractivity contribution is -0.148. The third-order valence-electron chi connectivity index (χ3n) is 3.06. The first-order valence-electron chi connectivity index (χ1n) is 6.01. The van der Waals surface area contributed by atoms with Gasteiger partial charge in [-0.15, -0.1) is 0 Å². The smallest absolute Gasteiger partial charge is 0.311 e. The highest BCUT2D eigenvalue weighted by Gasteiger charge is 2.37. The Kier molecular flexibility index (Phi) is 4.15. The molecule has 0 spiro atoms. The van der Waals surface area contributed by atoms with Crippen molar-refractivity contribution in [3.63, 3.8) is 0 Å². The first-order valence-corrected chi connectivity index (χ1v) is 6.01. The van der Waals surface area contributed by atoms with Gasteiger partial charge in [-0.3, -0.25) is 4.79 Å². The van der Waals surface area contributed by atoms with Crippen LogP contribution in [0.25, 0.3) is 0 Å². The molecule has 2 rings (SSSR count). The van der Waals surface area contributed by atoms with E-state index in [-0.39, 0.29) is 17.8 Å². The Morgan fingerprint density at radius 2 is 2.39 bits per heavy atom. The lowest BCUT2D eigenvalue weighted by atomic mass is 9.89. The van der Waals surface area contributed by atoms with Crippen molar-refractivity contribution in [3.8, 4) is 5.88 Å². The number of aromatic nitrogens is 1. The number of ether oxygens (including phenoxy) is 3. The van der Waals surface area contributed by atoms with E-state index in [1.807, 2.05) is 12.1 Å². The summed E-state index contributed by atoms with van der Waals surface area (Å²) in [5.41, 5.74) is 0.899. The third-order valence-corrected chi connectivity index (χ3v) is 3.06. The summed E-state index contributed by atoms with van der Waals surface area (Å²) in [5, 5.41) is 0. The van der Waals surface area contributed by atoms with E-state index < -0.39 is 0 Å². The van der Waals surface area contributed by atoms with E-state index in [1.54, 1.807) is 20.2 Å². The number of carbonyl (C=O) groups excluding carboxylic acids is 1. The van der Waals surface area contributed by atoms with Crippen LogP contribution >= 0.6 is 0 Å². The van der Waals surface area contributed by atoms with Crippen LogP contribution in [0.15, 0.2) is 18.3 Å². The number of nitrogens with zero attached hydrogens (tertiary/aromatic N) is 1. The molecular weight excluding hydrogens is 234 g/mol. The maximum absolute atomic E-state index is 11.9. The van der Waals surface area contributed by atoms with Crippen molar-refractivity contribution in [1.82, 2.24) is 4.98 Å². The monoisotopic (exact) mass is 251 g/mol. The third kappa shape index (κ3) is 2.46. The highest BCUT2D eigenvalue weighted by atomic mass is 16.5. The molecule has 5 heteroatoms. The van der Waals surface area contributed by atoms with Crippen molar-refractivity contribution in [2.24, 2.45) is 5.92 Å². The van der Waals surface area contributed by atoms with Crippen molar-refractivity contribution in [1.29, 1.82) is 0 Å². The van der Waals surface area contributed by atoms with Crippen molar-refractivity contribution >= 4 is 5.97 Å². The zero-order valence-corrected chi connectivity index (χ0v) is 10.6. The minimum absolute atomic E-state index is 0.0484. The number of hydrogen-bond donors (Lipinski definition) is 0. The molecule has 1 saturated heterocycles. The van der Waals surface area contributed by atoms with Crippen LogP contribution in [0.4, 0.5) is 0 Å². The van der Waals surface area contributed by atoms with Gasteiger partial charge in [0, 0.05) is 17.7 Å². The van der Waals surface area contributed by atoms with Gasteiger partial charge in [-0.25, -0.2) is 4.98 Å². The predicted octanol–water partition coefficient (Wildman–Crippen LogP) is 1.38. The normalized spacial score (nSPS) is 22.8. The lowest BCUT2D eigenvalue weighted by Crippen LogP contribution is -2.24. The quantitative estimate of drug-likeness (QED) is 0.757.